The maximum Gasteiger partial charge on any atom is 0.208 e. The average molecular weight is 226 g/mol. The number of ether oxygens (including phenoxy) is 1. The van der Waals surface area contributed by atoms with Crippen molar-refractivity contribution in [2.45, 2.75) is 0 Å². The van der Waals surface area contributed by atoms with Crippen LogP contribution < -0.4 is 9.30 Å². The van der Waals surface area contributed by atoms with E-state index >= 15 is 0 Å². The summed E-state index contributed by atoms with van der Waals surface area (Å²) in [7, 11) is 3.70. The molecular weight excluding hydrogens is 210 g/mol. The Labute approximate surface area is 102 Å². The van der Waals surface area contributed by atoms with Crippen LogP contribution in [0.3, 0.4) is 0 Å². The fraction of sp³-hybridized carbons (Fsp3) is 0.133. The molecule has 0 saturated carbocycles. The first-order valence-corrected chi connectivity index (χ1v) is 5.56. The zero-order chi connectivity index (χ0) is 12.1. The highest BCUT2D eigenvalue weighted by atomic mass is 16.5. The highest BCUT2D eigenvalue weighted by molar-refractivity contribution is 5.67. The van der Waals surface area contributed by atoms with Crippen molar-refractivity contribution in [3.63, 3.8) is 0 Å². The minimum Gasteiger partial charge on any atom is -0.496 e. The molecule has 2 aromatic rings. The van der Waals surface area contributed by atoms with E-state index in [1.165, 1.54) is 5.56 Å². The van der Waals surface area contributed by atoms with Gasteiger partial charge < -0.3 is 4.74 Å². The molecule has 0 aliphatic carbocycles. The molecule has 17 heavy (non-hydrogen) atoms. The van der Waals surface area contributed by atoms with E-state index in [0.29, 0.717) is 0 Å². The van der Waals surface area contributed by atoms with E-state index in [9.17, 15) is 0 Å². The Bertz CT molecular complexity index is 518. The van der Waals surface area contributed by atoms with E-state index in [4.69, 9.17) is 4.74 Å². The van der Waals surface area contributed by atoms with Gasteiger partial charge >= 0.3 is 0 Å². The van der Waals surface area contributed by atoms with Crippen LogP contribution in [0.4, 0.5) is 0 Å². The first kappa shape index (κ1) is 11.4. The van der Waals surface area contributed by atoms with Crippen LogP contribution in [0.15, 0.2) is 48.7 Å². The summed E-state index contributed by atoms with van der Waals surface area (Å²) in [6, 6.07) is 14.2. The number of rotatable bonds is 3. The Morgan fingerprint density at radius 1 is 1.06 bits per heavy atom. The highest BCUT2D eigenvalue weighted by Crippen LogP contribution is 2.11. The van der Waals surface area contributed by atoms with Crippen molar-refractivity contribution >= 4 is 12.2 Å². The number of methoxy groups -OCH3 is 1. The first-order valence-electron chi connectivity index (χ1n) is 5.56. The Hall–Kier alpha value is -2.09. The van der Waals surface area contributed by atoms with Crippen LogP contribution in [0.1, 0.15) is 11.3 Å². The number of pyridine rings is 1. The maximum absolute atomic E-state index is 5.21. The lowest BCUT2D eigenvalue weighted by Gasteiger charge is -1.99. The molecule has 86 valence electrons. The molecule has 0 atom stereocenters. The second kappa shape index (κ2) is 5.30. The summed E-state index contributed by atoms with van der Waals surface area (Å²) in [5.74, 6) is 0.871. The van der Waals surface area contributed by atoms with Gasteiger partial charge in [-0.25, -0.2) is 4.57 Å². The molecule has 2 rings (SSSR count). The predicted molar refractivity (Wildman–Crippen MR) is 69.5 cm³/mol. The van der Waals surface area contributed by atoms with Gasteiger partial charge in [-0.05, 0) is 11.6 Å². The van der Waals surface area contributed by atoms with E-state index in [2.05, 4.69) is 28.9 Å². The van der Waals surface area contributed by atoms with E-state index in [1.54, 1.807) is 7.11 Å². The number of benzene rings is 1. The zero-order valence-electron chi connectivity index (χ0n) is 10.1. The first-order chi connectivity index (χ1) is 8.29. The fourth-order valence-corrected chi connectivity index (χ4v) is 1.61. The number of hydrogen-bond acceptors (Lipinski definition) is 1. The van der Waals surface area contributed by atoms with Crippen molar-refractivity contribution in [1.29, 1.82) is 0 Å². The van der Waals surface area contributed by atoms with Gasteiger partial charge in [0.05, 0.1) is 13.2 Å². The molecule has 1 aromatic heterocycles. The molecule has 0 spiro atoms. The summed E-state index contributed by atoms with van der Waals surface area (Å²) in [6.07, 6.45) is 6.16. The molecule has 0 bridgehead atoms. The molecule has 1 heterocycles. The van der Waals surface area contributed by atoms with Gasteiger partial charge in [0.2, 0.25) is 5.69 Å². The van der Waals surface area contributed by atoms with Gasteiger partial charge in [0.25, 0.3) is 0 Å². The minimum absolute atomic E-state index is 0.871. The van der Waals surface area contributed by atoms with Gasteiger partial charge in [-0.15, -0.1) is 0 Å². The molecule has 2 nitrogen and oxygen atoms in total. The average Bonchev–Trinajstić information content (AvgIpc) is 2.39. The minimum atomic E-state index is 0.871. The highest BCUT2D eigenvalue weighted by Gasteiger charge is 2.03. The summed E-state index contributed by atoms with van der Waals surface area (Å²) in [6.45, 7) is 0. The second-order valence-corrected chi connectivity index (χ2v) is 3.85. The Balaban J connectivity index is 2.26. The smallest absolute Gasteiger partial charge is 0.208 e. The van der Waals surface area contributed by atoms with Crippen molar-refractivity contribution < 1.29 is 9.30 Å². The van der Waals surface area contributed by atoms with E-state index in [-0.39, 0.29) is 0 Å². The fourth-order valence-electron chi connectivity index (χ4n) is 1.61. The van der Waals surface area contributed by atoms with Gasteiger partial charge in [-0.2, -0.15) is 0 Å². The normalized spacial score (nSPS) is 10.7. The molecule has 0 N–H and O–H groups in total. The summed E-state index contributed by atoms with van der Waals surface area (Å²) < 4.78 is 7.27. The topological polar surface area (TPSA) is 13.1 Å². The van der Waals surface area contributed by atoms with Gasteiger partial charge in [0, 0.05) is 12.1 Å². The second-order valence-electron chi connectivity index (χ2n) is 3.85. The lowest BCUT2D eigenvalue weighted by molar-refractivity contribution is -0.673. The van der Waals surface area contributed by atoms with Crippen LogP contribution in [0.5, 0.6) is 5.75 Å². The van der Waals surface area contributed by atoms with Crippen LogP contribution in [-0.2, 0) is 7.05 Å². The summed E-state index contributed by atoms with van der Waals surface area (Å²) in [4.78, 5) is 0. The molecule has 2 heteroatoms. The summed E-state index contributed by atoms with van der Waals surface area (Å²) in [5.41, 5.74) is 2.29. The summed E-state index contributed by atoms with van der Waals surface area (Å²) >= 11 is 0. The SMILES string of the molecule is COc1cc[n+](C)c(C=Cc2ccccc2)c1. The molecule has 0 fully saturated rings. The monoisotopic (exact) mass is 226 g/mol. The third-order valence-electron chi connectivity index (χ3n) is 2.64. The number of aryl methyl sites for hydroxylation is 1. The molecule has 0 saturated heterocycles. The van der Waals surface area contributed by atoms with Gasteiger partial charge in [0.15, 0.2) is 6.20 Å². The maximum atomic E-state index is 5.21. The third kappa shape index (κ3) is 2.94. The Kier molecular flexibility index (Phi) is 3.55. The summed E-state index contributed by atoms with van der Waals surface area (Å²) in [5, 5.41) is 0. The number of hydrogen-bond donors (Lipinski definition) is 0. The number of aromatic nitrogens is 1. The van der Waals surface area contributed by atoms with Crippen molar-refractivity contribution in [2.75, 3.05) is 7.11 Å². The molecule has 0 aliphatic rings. The lowest BCUT2D eigenvalue weighted by atomic mass is 10.2. The molecule has 0 radical (unpaired) electrons. The third-order valence-corrected chi connectivity index (χ3v) is 2.64. The molecular formula is C15H16NO+. The molecule has 0 aliphatic heterocycles. The van der Waals surface area contributed by atoms with Crippen molar-refractivity contribution in [1.82, 2.24) is 0 Å². The van der Waals surface area contributed by atoms with Crippen molar-refractivity contribution in [2.24, 2.45) is 7.05 Å². The van der Waals surface area contributed by atoms with E-state index in [0.717, 1.165) is 11.4 Å². The Morgan fingerprint density at radius 2 is 1.82 bits per heavy atom. The zero-order valence-corrected chi connectivity index (χ0v) is 10.1. The quantitative estimate of drug-likeness (QED) is 0.733. The molecule has 0 amide bonds. The predicted octanol–water partition coefficient (Wildman–Crippen LogP) is 2.69. The van der Waals surface area contributed by atoms with E-state index < -0.39 is 0 Å². The van der Waals surface area contributed by atoms with Crippen molar-refractivity contribution in [3.05, 3.63) is 59.9 Å². The van der Waals surface area contributed by atoms with Crippen LogP contribution in [-0.4, -0.2) is 7.11 Å². The number of nitrogens with zero attached hydrogens (tertiary/aromatic N) is 1. The van der Waals surface area contributed by atoms with Crippen LogP contribution in [0.2, 0.25) is 0 Å². The van der Waals surface area contributed by atoms with Crippen molar-refractivity contribution in [3.8, 4) is 5.75 Å². The molecule has 0 unspecified atom stereocenters. The Morgan fingerprint density at radius 3 is 2.53 bits per heavy atom. The van der Waals surface area contributed by atoms with Gasteiger partial charge in [-0.3, -0.25) is 0 Å². The van der Waals surface area contributed by atoms with Gasteiger partial charge in [0.1, 0.15) is 12.8 Å². The van der Waals surface area contributed by atoms with Crippen LogP contribution in [0.25, 0.3) is 12.2 Å². The van der Waals surface area contributed by atoms with Crippen LogP contribution in [0, 0.1) is 0 Å². The van der Waals surface area contributed by atoms with E-state index in [1.807, 2.05) is 43.6 Å². The van der Waals surface area contributed by atoms with Gasteiger partial charge in [-0.1, -0.05) is 30.3 Å². The van der Waals surface area contributed by atoms with Crippen LogP contribution >= 0.6 is 0 Å². The largest absolute Gasteiger partial charge is 0.496 e. The molecule has 1 aromatic carbocycles. The lowest BCUT2D eigenvalue weighted by Crippen LogP contribution is -2.30. The standard InChI is InChI=1S/C15H16NO/c1-16-11-10-15(17-2)12-14(16)9-8-13-6-4-3-5-7-13/h3-12H,1-2H3/q+1.